The second-order valence-corrected chi connectivity index (χ2v) is 4.79. The number of ether oxygens (including phenoxy) is 1. The molecule has 0 fully saturated rings. The zero-order valence-corrected chi connectivity index (χ0v) is 12.1. The Kier molecular flexibility index (Phi) is 5.06. The van der Waals surface area contributed by atoms with Crippen LogP contribution in [0.5, 0.6) is 11.5 Å². The van der Waals surface area contributed by atoms with E-state index in [2.05, 4.69) is 5.32 Å². The van der Waals surface area contributed by atoms with Crippen molar-refractivity contribution in [2.24, 2.45) is 0 Å². The maximum atomic E-state index is 11.1. The van der Waals surface area contributed by atoms with E-state index < -0.39 is 12.0 Å². The van der Waals surface area contributed by atoms with Gasteiger partial charge in [0.05, 0.1) is 0 Å². The van der Waals surface area contributed by atoms with Crippen LogP contribution in [0.2, 0.25) is 0 Å². The van der Waals surface area contributed by atoms with Crippen molar-refractivity contribution < 1.29 is 19.7 Å². The minimum atomic E-state index is -1.06. The number of hydrogen-bond acceptors (Lipinski definition) is 4. The molecule has 0 saturated carbocycles. The van der Waals surface area contributed by atoms with Crippen LogP contribution in [-0.2, 0) is 11.4 Å². The van der Waals surface area contributed by atoms with Gasteiger partial charge in [-0.25, -0.2) is 0 Å². The molecule has 6 heteroatoms. The summed E-state index contributed by atoms with van der Waals surface area (Å²) in [7, 11) is 7.39. The van der Waals surface area contributed by atoms with E-state index in [9.17, 15) is 9.90 Å². The molecule has 0 spiro atoms. The monoisotopic (exact) mass is 297 g/mol. The standard InChI is InChI=1S/C16H16BNO4/c1-18-14(16(20)21)11-7-12(17)15(13(19)8-11)22-9-10-5-3-2-4-6-10/h2-8,14,18-19H,9H2,1H3,(H,20,21). The molecule has 3 N–H and O–H groups in total. The highest BCUT2D eigenvalue weighted by Crippen LogP contribution is 2.28. The van der Waals surface area contributed by atoms with Crippen LogP contribution >= 0.6 is 0 Å². The summed E-state index contributed by atoms with van der Waals surface area (Å²) in [4.78, 5) is 11.1. The Morgan fingerprint density at radius 2 is 2.00 bits per heavy atom. The number of carbonyl (C=O) groups is 1. The largest absolute Gasteiger partial charge is 0.504 e. The van der Waals surface area contributed by atoms with Gasteiger partial charge in [0.2, 0.25) is 0 Å². The van der Waals surface area contributed by atoms with Crippen molar-refractivity contribution in [1.82, 2.24) is 5.32 Å². The van der Waals surface area contributed by atoms with Crippen molar-refractivity contribution in [3.8, 4) is 11.5 Å². The number of phenols is 1. The van der Waals surface area contributed by atoms with E-state index in [0.29, 0.717) is 5.56 Å². The highest BCUT2D eigenvalue weighted by atomic mass is 16.5. The number of nitrogens with one attached hydrogen (secondary N) is 1. The Labute approximate surface area is 130 Å². The highest BCUT2D eigenvalue weighted by Gasteiger charge is 2.20. The first-order valence-electron chi connectivity index (χ1n) is 6.72. The van der Waals surface area contributed by atoms with Crippen molar-refractivity contribution in [3.63, 3.8) is 0 Å². The molecule has 1 unspecified atom stereocenters. The smallest absolute Gasteiger partial charge is 0.325 e. The summed E-state index contributed by atoms with van der Waals surface area (Å²) < 4.78 is 5.54. The summed E-state index contributed by atoms with van der Waals surface area (Å²) >= 11 is 0. The van der Waals surface area contributed by atoms with E-state index in [-0.39, 0.29) is 23.6 Å². The third kappa shape index (κ3) is 3.59. The summed E-state index contributed by atoms with van der Waals surface area (Å²) in [6, 6.07) is 11.3. The predicted molar refractivity (Wildman–Crippen MR) is 83.7 cm³/mol. The normalized spacial score (nSPS) is 11.9. The molecule has 0 aliphatic rings. The lowest BCUT2D eigenvalue weighted by Crippen LogP contribution is -2.26. The van der Waals surface area contributed by atoms with Crippen LogP contribution in [0.25, 0.3) is 0 Å². The number of aromatic hydroxyl groups is 1. The lowest BCUT2D eigenvalue weighted by Gasteiger charge is -2.16. The molecule has 2 aromatic rings. The third-order valence-electron chi connectivity index (χ3n) is 3.22. The number of carboxylic acids is 1. The van der Waals surface area contributed by atoms with Gasteiger partial charge in [-0.2, -0.15) is 0 Å². The van der Waals surface area contributed by atoms with Crippen molar-refractivity contribution in [2.75, 3.05) is 7.05 Å². The number of carboxylic acid groups (broad SMARTS) is 1. The fraction of sp³-hybridized carbons (Fsp3) is 0.188. The van der Waals surface area contributed by atoms with Crippen molar-refractivity contribution >= 4 is 19.3 Å². The molecule has 112 valence electrons. The first-order chi connectivity index (χ1) is 10.5. The Hall–Kier alpha value is -2.47. The number of rotatable bonds is 6. The average molecular weight is 297 g/mol. The molecule has 2 radical (unpaired) electrons. The molecule has 0 saturated heterocycles. The minimum Gasteiger partial charge on any atom is -0.504 e. The molecular weight excluding hydrogens is 281 g/mol. The van der Waals surface area contributed by atoms with Crippen molar-refractivity contribution in [2.45, 2.75) is 12.6 Å². The fourth-order valence-corrected chi connectivity index (χ4v) is 2.14. The zero-order chi connectivity index (χ0) is 16.1. The van der Waals surface area contributed by atoms with Gasteiger partial charge in [-0.05, 0) is 24.2 Å². The molecule has 2 rings (SSSR count). The second kappa shape index (κ2) is 7.00. The van der Waals surface area contributed by atoms with Gasteiger partial charge in [0.25, 0.3) is 0 Å². The third-order valence-corrected chi connectivity index (χ3v) is 3.22. The number of aliphatic carboxylic acids is 1. The highest BCUT2D eigenvalue weighted by molar-refractivity contribution is 6.34. The summed E-state index contributed by atoms with van der Waals surface area (Å²) in [5.74, 6) is -1.10. The van der Waals surface area contributed by atoms with E-state index in [1.165, 1.54) is 19.2 Å². The van der Waals surface area contributed by atoms with E-state index in [4.69, 9.17) is 17.7 Å². The summed E-state index contributed by atoms with van der Waals surface area (Å²) in [6.45, 7) is 0.256. The van der Waals surface area contributed by atoms with Crippen LogP contribution < -0.4 is 15.5 Å². The van der Waals surface area contributed by atoms with Gasteiger partial charge in [0.1, 0.15) is 20.5 Å². The van der Waals surface area contributed by atoms with Crippen LogP contribution in [0.15, 0.2) is 42.5 Å². The lowest BCUT2D eigenvalue weighted by atomic mass is 9.90. The molecule has 0 amide bonds. The van der Waals surface area contributed by atoms with Crippen LogP contribution in [0, 0.1) is 0 Å². The molecule has 22 heavy (non-hydrogen) atoms. The first-order valence-corrected chi connectivity index (χ1v) is 6.72. The summed E-state index contributed by atoms with van der Waals surface area (Å²) in [5.41, 5.74) is 1.48. The molecule has 0 bridgehead atoms. The Morgan fingerprint density at radius 1 is 1.32 bits per heavy atom. The predicted octanol–water partition coefficient (Wildman–Crippen LogP) is 1.11. The molecule has 5 nitrogen and oxygen atoms in total. The number of phenolic OH excluding ortho intramolecular Hbond substituents is 1. The van der Waals surface area contributed by atoms with Crippen LogP contribution in [0.1, 0.15) is 17.2 Å². The van der Waals surface area contributed by atoms with Crippen LogP contribution in [-0.4, -0.2) is 31.1 Å². The summed E-state index contributed by atoms with van der Waals surface area (Å²) in [5, 5.41) is 21.8. The number of likely N-dealkylation sites (N-methyl/N-ethyl adjacent to an activating group) is 1. The van der Waals surface area contributed by atoms with Gasteiger partial charge in [-0.3, -0.25) is 4.79 Å². The van der Waals surface area contributed by atoms with Crippen molar-refractivity contribution in [1.29, 1.82) is 0 Å². The summed E-state index contributed by atoms with van der Waals surface area (Å²) in [6.07, 6.45) is 0. The fourth-order valence-electron chi connectivity index (χ4n) is 2.14. The van der Waals surface area contributed by atoms with E-state index in [1.807, 2.05) is 30.3 Å². The van der Waals surface area contributed by atoms with Gasteiger partial charge in [0, 0.05) is 0 Å². The van der Waals surface area contributed by atoms with E-state index in [0.717, 1.165) is 5.56 Å². The van der Waals surface area contributed by atoms with Gasteiger partial charge in [-0.1, -0.05) is 41.9 Å². The van der Waals surface area contributed by atoms with Gasteiger partial charge in [-0.15, -0.1) is 0 Å². The molecule has 0 aliphatic heterocycles. The first kappa shape index (κ1) is 15.9. The molecular formula is C16H16BNO4. The quantitative estimate of drug-likeness (QED) is 0.696. The van der Waals surface area contributed by atoms with E-state index in [1.54, 1.807) is 0 Å². The van der Waals surface area contributed by atoms with Crippen molar-refractivity contribution in [3.05, 3.63) is 53.6 Å². The minimum absolute atomic E-state index is 0.146. The molecule has 2 aromatic carbocycles. The van der Waals surface area contributed by atoms with Gasteiger partial charge < -0.3 is 20.3 Å². The van der Waals surface area contributed by atoms with Gasteiger partial charge in [0.15, 0.2) is 11.5 Å². The Bertz CT molecular complexity index is 637. The number of hydrogen-bond donors (Lipinski definition) is 3. The maximum Gasteiger partial charge on any atom is 0.325 e. The zero-order valence-electron chi connectivity index (χ0n) is 12.1. The molecule has 1 atom stereocenters. The molecule has 0 aliphatic carbocycles. The topological polar surface area (TPSA) is 78.8 Å². The average Bonchev–Trinajstić information content (AvgIpc) is 2.48. The molecule has 0 aromatic heterocycles. The number of benzene rings is 2. The second-order valence-electron chi connectivity index (χ2n) is 4.79. The van der Waals surface area contributed by atoms with Crippen LogP contribution in [0.3, 0.4) is 0 Å². The molecule has 0 heterocycles. The van der Waals surface area contributed by atoms with E-state index >= 15 is 0 Å². The Morgan fingerprint density at radius 3 is 2.55 bits per heavy atom. The van der Waals surface area contributed by atoms with Gasteiger partial charge >= 0.3 is 5.97 Å². The Balaban J connectivity index is 2.21. The van der Waals surface area contributed by atoms with Crippen LogP contribution in [0.4, 0.5) is 0 Å². The lowest BCUT2D eigenvalue weighted by molar-refractivity contribution is -0.139. The maximum absolute atomic E-state index is 11.1. The SMILES string of the molecule is [B]c1cc(C(NC)C(=O)O)cc(O)c1OCc1ccccc1.